The van der Waals surface area contributed by atoms with Crippen molar-refractivity contribution in [1.29, 1.82) is 1.43 Å². The molecule has 0 spiro atoms. The van der Waals surface area contributed by atoms with E-state index in [0.717, 1.165) is 5.57 Å². The van der Waals surface area contributed by atoms with Gasteiger partial charge in [-0.05, 0) is 49.0 Å². The molecule has 0 amide bonds. The molecule has 1 heterocycles. The molecule has 1 aliphatic heterocycles. The van der Waals surface area contributed by atoms with E-state index in [1.807, 2.05) is 6.92 Å². The summed E-state index contributed by atoms with van der Waals surface area (Å²) >= 11 is 0. The average Bonchev–Trinajstić information content (AvgIpc) is 2.74. The fourth-order valence-corrected chi connectivity index (χ4v) is 4.84. The predicted octanol–water partition coefficient (Wildman–Crippen LogP) is 4.20. The second kappa shape index (κ2) is 9.46. The first-order valence-corrected chi connectivity index (χ1v) is 10.7. The van der Waals surface area contributed by atoms with Crippen LogP contribution in [0.4, 0.5) is 0 Å². The van der Waals surface area contributed by atoms with Gasteiger partial charge in [-0.25, -0.2) is 0 Å². The Bertz CT molecular complexity index is 854. The highest BCUT2D eigenvalue weighted by atomic mass is 16.5. The number of cyclic esters (lactones) is 1. The zero-order valence-electron chi connectivity index (χ0n) is 23.4. The van der Waals surface area contributed by atoms with Gasteiger partial charge >= 0.3 is 11.9 Å². The first-order chi connectivity index (χ1) is 16.3. The van der Waals surface area contributed by atoms with Crippen LogP contribution in [0.25, 0.3) is 0 Å². The van der Waals surface area contributed by atoms with Crippen LogP contribution in [0.3, 0.4) is 0 Å². The summed E-state index contributed by atoms with van der Waals surface area (Å²) in [6, 6.07) is 0. The van der Waals surface area contributed by atoms with E-state index in [-0.39, 0.29) is 36.5 Å². The summed E-state index contributed by atoms with van der Waals surface area (Å²) in [7, 11) is 0. The summed E-state index contributed by atoms with van der Waals surface area (Å²) in [5.74, 6) is -2.62. The number of hydrogen-bond acceptors (Lipinski definition) is 5. The maximum Gasteiger partial charge on any atom is 0.308 e. The van der Waals surface area contributed by atoms with Crippen LogP contribution in [-0.4, -0.2) is 36.8 Å². The minimum Gasteiger partial charge on any atom is -0.462 e. The normalized spacial score (nSPS) is 43.1. The lowest BCUT2D eigenvalue weighted by molar-refractivity contribution is -0.162. The molecule has 3 rings (SSSR count). The molecule has 1 N–H and O–H groups in total. The molecule has 3 aliphatic rings. The predicted molar refractivity (Wildman–Crippen MR) is 111 cm³/mol. The van der Waals surface area contributed by atoms with Gasteiger partial charge in [-0.1, -0.05) is 45.9 Å². The van der Waals surface area contributed by atoms with Crippen LogP contribution in [0.15, 0.2) is 23.8 Å². The van der Waals surface area contributed by atoms with Crippen molar-refractivity contribution in [1.82, 2.24) is 0 Å². The van der Waals surface area contributed by atoms with Gasteiger partial charge < -0.3 is 14.6 Å². The van der Waals surface area contributed by atoms with Gasteiger partial charge in [0.2, 0.25) is 1.43 Å². The number of carbonyl (C=O) groups is 2. The average molecular weight is 411 g/mol. The summed E-state index contributed by atoms with van der Waals surface area (Å²) < 4.78 is 57.1. The molecule has 1 fully saturated rings. The van der Waals surface area contributed by atoms with Gasteiger partial charge in [0.15, 0.2) is 0 Å². The highest BCUT2D eigenvalue weighted by Gasteiger charge is 2.42. The van der Waals surface area contributed by atoms with Crippen LogP contribution in [0, 0.1) is 29.6 Å². The van der Waals surface area contributed by atoms with Crippen LogP contribution in [0.1, 0.15) is 73.0 Å². The van der Waals surface area contributed by atoms with Crippen molar-refractivity contribution in [2.24, 2.45) is 29.6 Å². The van der Waals surface area contributed by atoms with Crippen molar-refractivity contribution >= 4 is 11.9 Å². The molecular weight excluding hydrogens is 368 g/mol. The minimum absolute atomic E-state index is 0.0529. The van der Waals surface area contributed by atoms with Gasteiger partial charge in [-0.15, -0.1) is 0 Å². The third-order valence-corrected chi connectivity index (χ3v) is 6.41. The van der Waals surface area contributed by atoms with Crippen LogP contribution in [0.5, 0.6) is 0 Å². The Kier molecular flexibility index (Phi) is 4.97. The summed E-state index contributed by atoms with van der Waals surface area (Å²) in [4.78, 5) is 25.0. The SMILES string of the molecule is [2H]O[C@@H]1CC(CC[C@@H]2[C@@H]3C(=C[C@H](C)C[C@@H]3OC(=O)[C@H](CC)C([2H])([2H])[2H])C=C[C@@H]2C)OC(=O)C1([2H])[2H]. The van der Waals surface area contributed by atoms with E-state index in [4.69, 9.17) is 17.8 Å². The number of fused-ring (bicyclic) bond motifs is 1. The van der Waals surface area contributed by atoms with E-state index in [9.17, 15) is 9.59 Å². The molecule has 162 valence electrons. The maximum absolute atomic E-state index is 12.9. The fourth-order valence-electron chi connectivity index (χ4n) is 4.84. The Morgan fingerprint density at radius 3 is 3.00 bits per heavy atom. The van der Waals surface area contributed by atoms with Crippen molar-refractivity contribution < 1.29 is 31.0 Å². The molecule has 0 aromatic rings. The number of esters is 2. The van der Waals surface area contributed by atoms with Crippen LogP contribution in [-0.2, 0) is 19.1 Å². The molecule has 2 aliphatic carbocycles. The van der Waals surface area contributed by atoms with Crippen molar-refractivity contribution in [3.05, 3.63) is 23.8 Å². The molecule has 5 nitrogen and oxygen atoms in total. The Morgan fingerprint density at radius 2 is 2.28 bits per heavy atom. The van der Waals surface area contributed by atoms with E-state index < -0.39 is 49.4 Å². The lowest BCUT2D eigenvalue weighted by atomic mass is 9.65. The number of rotatable bonds is 7. The molecule has 0 radical (unpaired) electrons. The number of allylic oxidation sites excluding steroid dienone is 3. The quantitative estimate of drug-likeness (QED) is 0.637. The summed E-state index contributed by atoms with van der Waals surface area (Å²) in [5, 5.41) is 4.49. The molecule has 8 atom stereocenters. The second-order valence-electron chi connectivity index (χ2n) is 8.70. The van der Waals surface area contributed by atoms with E-state index in [0.29, 0.717) is 19.3 Å². The van der Waals surface area contributed by atoms with Crippen molar-refractivity contribution in [2.75, 3.05) is 0 Å². The monoisotopic (exact) mass is 410 g/mol. The maximum atomic E-state index is 12.9. The van der Waals surface area contributed by atoms with Gasteiger partial charge in [0.1, 0.15) is 12.2 Å². The van der Waals surface area contributed by atoms with Crippen molar-refractivity contribution in [2.45, 2.75) is 84.4 Å². The van der Waals surface area contributed by atoms with Crippen molar-refractivity contribution in [3.63, 3.8) is 0 Å². The van der Waals surface area contributed by atoms with E-state index in [2.05, 4.69) is 30.3 Å². The molecular formula is C24H36O5. The Balaban J connectivity index is 1.77. The van der Waals surface area contributed by atoms with E-state index in [1.165, 1.54) is 0 Å². The zero-order valence-corrected chi connectivity index (χ0v) is 17.4. The zero-order chi connectivity index (χ0) is 26.1. The standard InChI is InChI=1S/C24H36O5/c1-5-15(3)24(27)29-21-11-14(2)10-17-7-6-16(4)20(23(17)21)9-8-19-12-18(25)13-22(26)28-19/h6-7,10,14-16,18-21,23,25H,5,8-9,11-13H2,1-4H3/t14-,15-,16-,18+,19?,20-,21-,23-/m0/s1/i3D3,13D2,25D. The minimum atomic E-state index is -2.42. The first-order valence-electron chi connectivity index (χ1n) is 13.6. The third-order valence-electron chi connectivity index (χ3n) is 6.41. The number of carbonyl (C=O) groups excluding carboxylic acids is 2. The molecule has 0 saturated carbocycles. The van der Waals surface area contributed by atoms with Gasteiger partial charge in [0.25, 0.3) is 0 Å². The van der Waals surface area contributed by atoms with Crippen LogP contribution >= 0.6 is 0 Å². The Hall–Kier alpha value is -1.62. The van der Waals surface area contributed by atoms with Crippen molar-refractivity contribution in [3.8, 4) is 0 Å². The summed E-state index contributed by atoms with van der Waals surface area (Å²) in [6.45, 7) is 3.37. The first kappa shape index (κ1) is 15.2. The molecule has 0 aromatic carbocycles. The fraction of sp³-hybridized carbons (Fsp3) is 0.750. The molecule has 1 unspecified atom stereocenters. The van der Waals surface area contributed by atoms with Crippen LogP contribution in [0.2, 0.25) is 0 Å². The summed E-state index contributed by atoms with van der Waals surface area (Å²) in [5.41, 5.74) is 1.07. The highest BCUT2D eigenvalue weighted by molar-refractivity contribution is 5.72. The lowest BCUT2D eigenvalue weighted by Gasteiger charge is -2.43. The molecule has 0 aromatic heterocycles. The van der Waals surface area contributed by atoms with Gasteiger partial charge in [0.05, 0.1) is 18.4 Å². The van der Waals surface area contributed by atoms with E-state index >= 15 is 0 Å². The van der Waals surface area contributed by atoms with E-state index in [1.54, 1.807) is 6.92 Å². The molecule has 1 saturated heterocycles. The lowest BCUT2D eigenvalue weighted by Crippen LogP contribution is -2.42. The third kappa shape index (κ3) is 5.30. The highest BCUT2D eigenvalue weighted by Crippen LogP contribution is 2.45. The topological polar surface area (TPSA) is 72.8 Å². The van der Waals surface area contributed by atoms with Crippen LogP contribution < -0.4 is 0 Å². The number of aliphatic hydroxyl groups excluding tert-OH is 1. The Labute approximate surface area is 183 Å². The largest absolute Gasteiger partial charge is 0.462 e. The molecule has 0 bridgehead atoms. The second-order valence-corrected chi connectivity index (χ2v) is 8.70. The molecule has 5 heteroatoms. The number of aliphatic hydroxyl groups is 1. The van der Waals surface area contributed by atoms with Gasteiger partial charge in [0, 0.05) is 19.2 Å². The summed E-state index contributed by atoms with van der Waals surface area (Å²) in [6.07, 6.45) is 3.71. The smallest absolute Gasteiger partial charge is 0.308 e. The number of ether oxygens (including phenoxy) is 2. The van der Waals surface area contributed by atoms with Gasteiger partial charge in [-0.3, -0.25) is 9.59 Å². The Morgan fingerprint density at radius 1 is 1.45 bits per heavy atom. The number of hydrogen-bond donors (Lipinski definition) is 1. The van der Waals surface area contributed by atoms with Gasteiger partial charge in [-0.2, -0.15) is 0 Å². The molecule has 29 heavy (non-hydrogen) atoms.